The molecule has 0 aromatic rings. The summed E-state index contributed by atoms with van der Waals surface area (Å²) >= 11 is 0. The Balaban J connectivity index is 0. The molecule has 0 rings (SSSR count). The van der Waals surface area contributed by atoms with E-state index in [1.54, 1.807) is 0 Å². The maximum absolute atomic E-state index is 10.3. The Labute approximate surface area is 138 Å². The fraction of sp³-hybridized carbons (Fsp3) is 0.650. The third-order valence-electron chi connectivity index (χ3n) is 3.34. The number of aliphatic carboxylic acids is 1. The normalized spacial score (nSPS) is 10.8. The average Bonchev–Trinajstić information content (AvgIpc) is 2.53. The lowest BCUT2D eigenvalue weighted by Gasteiger charge is -1.98. The number of rotatable bonds is 14. The van der Waals surface area contributed by atoms with Gasteiger partial charge in [-0.1, -0.05) is 63.3 Å². The molecule has 0 bridgehead atoms. The Morgan fingerprint density at radius 1 is 0.818 bits per heavy atom. The standard InChI is InChI=1S/C18H32O2.C2H4/c1-2-3-4-5-6-7-8-9-10-11-12-13-14-15-16-17-18(19)20;1-2/h6-7,9-10H,2-5,8,11-17H2,1H3,(H,19,20);1-2H2/b7-6-,10-9-;. The first-order chi connectivity index (χ1) is 10.8. The molecule has 0 atom stereocenters. The molecular formula is C20H36O2. The van der Waals surface area contributed by atoms with Crippen LogP contribution in [-0.4, -0.2) is 11.1 Å². The van der Waals surface area contributed by atoms with E-state index in [0.717, 1.165) is 25.7 Å². The predicted molar refractivity (Wildman–Crippen MR) is 98.2 cm³/mol. The molecule has 1 N–H and O–H groups in total. The number of carbonyl (C=O) groups is 1. The minimum Gasteiger partial charge on any atom is -0.481 e. The Morgan fingerprint density at radius 2 is 1.32 bits per heavy atom. The fourth-order valence-electron chi connectivity index (χ4n) is 2.09. The van der Waals surface area contributed by atoms with Crippen LogP contribution in [0.1, 0.15) is 84.0 Å². The van der Waals surface area contributed by atoms with E-state index >= 15 is 0 Å². The molecule has 0 aliphatic carbocycles. The van der Waals surface area contributed by atoms with Gasteiger partial charge in [-0.3, -0.25) is 4.79 Å². The zero-order chi connectivity index (χ0) is 16.9. The second-order valence-electron chi connectivity index (χ2n) is 5.37. The lowest BCUT2D eigenvalue weighted by Crippen LogP contribution is -1.93. The first kappa shape index (κ1) is 23.0. The topological polar surface area (TPSA) is 37.3 Å². The van der Waals surface area contributed by atoms with Gasteiger partial charge >= 0.3 is 5.97 Å². The van der Waals surface area contributed by atoms with E-state index in [1.165, 1.54) is 44.9 Å². The summed E-state index contributed by atoms with van der Waals surface area (Å²) < 4.78 is 0. The van der Waals surface area contributed by atoms with Crippen molar-refractivity contribution in [2.24, 2.45) is 0 Å². The van der Waals surface area contributed by atoms with Gasteiger partial charge in [-0.15, -0.1) is 13.2 Å². The summed E-state index contributed by atoms with van der Waals surface area (Å²) in [5.74, 6) is -0.671. The Hall–Kier alpha value is -1.31. The van der Waals surface area contributed by atoms with Gasteiger partial charge in [-0.2, -0.15) is 0 Å². The lowest BCUT2D eigenvalue weighted by atomic mass is 10.1. The molecule has 0 saturated heterocycles. The number of carboxylic acid groups (broad SMARTS) is 1. The zero-order valence-electron chi connectivity index (χ0n) is 14.6. The number of hydrogen-bond acceptors (Lipinski definition) is 1. The van der Waals surface area contributed by atoms with Crippen LogP contribution in [0.25, 0.3) is 0 Å². The number of carboxylic acids is 1. The highest BCUT2D eigenvalue weighted by molar-refractivity contribution is 5.66. The molecule has 2 nitrogen and oxygen atoms in total. The minimum atomic E-state index is -0.671. The number of allylic oxidation sites excluding steroid dienone is 4. The minimum absolute atomic E-state index is 0.324. The zero-order valence-corrected chi connectivity index (χ0v) is 14.6. The van der Waals surface area contributed by atoms with E-state index < -0.39 is 5.97 Å². The van der Waals surface area contributed by atoms with Crippen LogP contribution in [-0.2, 0) is 4.79 Å². The highest BCUT2D eigenvalue weighted by Crippen LogP contribution is 2.08. The molecule has 0 heterocycles. The van der Waals surface area contributed by atoms with E-state index in [-0.39, 0.29) is 0 Å². The second-order valence-corrected chi connectivity index (χ2v) is 5.37. The van der Waals surface area contributed by atoms with E-state index in [0.29, 0.717) is 6.42 Å². The van der Waals surface area contributed by atoms with Crippen molar-refractivity contribution in [3.63, 3.8) is 0 Å². The van der Waals surface area contributed by atoms with Gasteiger partial charge in [-0.25, -0.2) is 0 Å². The van der Waals surface area contributed by atoms with Gasteiger partial charge in [-0.05, 0) is 38.5 Å². The SMILES string of the molecule is C=C.CCCCC/C=C\C/C=C\CCCCCCCC(=O)O. The largest absolute Gasteiger partial charge is 0.481 e. The predicted octanol–water partition coefficient (Wildman–Crippen LogP) is 6.69. The highest BCUT2D eigenvalue weighted by atomic mass is 16.4. The van der Waals surface area contributed by atoms with Crippen molar-refractivity contribution in [2.45, 2.75) is 84.0 Å². The summed E-state index contributed by atoms with van der Waals surface area (Å²) in [6, 6.07) is 0. The maximum Gasteiger partial charge on any atom is 0.303 e. The monoisotopic (exact) mass is 308 g/mol. The van der Waals surface area contributed by atoms with Crippen LogP contribution in [0.2, 0.25) is 0 Å². The summed E-state index contributed by atoms with van der Waals surface area (Å²) in [5.41, 5.74) is 0. The molecule has 0 amide bonds. The van der Waals surface area contributed by atoms with Gasteiger partial charge in [0.1, 0.15) is 0 Å². The van der Waals surface area contributed by atoms with Crippen LogP contribution in [0.15, 0.2) is 37.5 Å². The molecule has 2 heteroatoms. The molecule has 0 saturated carbocycles. The first-order valence-corrected chi connectivity index (χ1v) is 8.79. The third-order valence-corrected chi connectivity index (χ3v) is 3.34. The Kier molecular flexibility index (Phi) is 22.9. The van der Waals surface area contributed by atoms with Crippen molar-refractivity contribution >= 4 is 5.97 Å². The quantitative estimate of drug-likeness (QED) is 0.287. The lowest BCUT2D eigenvalue weighted by molar-refractivity contribution is -0.137. The summed E-state index contributed by atoms with van der Waals surface area (Å²) in [7, 11) is 0. The van der Waals surface area contributed by atoms with Crippen molar-refractivity contribution in [3.05, 3.63) is 37.5 Å². The molecule has 0 aromatic heterocycles. The van der Waals surface area contributed by atoms with E-state index in [4.69, 9.17) is 5.11 Å². The number of hydrogen-bond donors (Lipinski definition) is 1. The molecule has 0 fully saturated rings. The van der Waals surface area contributed by atoms with Crippen LogP contribution in [0, 0.1) is 0 Å². The molecule has 0 aliphatic heterocycles. The summed E-state index contributed by atoms with van der Waals surface area (Å²) in [6.07, 6.45) is 22.3. The summed E-state index contributed by atoms with van der Waals surface area (Å²) in [6.45, 7) is 8.23. The van der Waals surface area contributed by atoms with Crippen molar-refractivity contribution in [1.82, 2.24) is 0 Å². The van der Waals surface area contributed by atoms with Gasteiger partial charge in [0.05, 0.1) is 0 Å². The van der Waals surface area contributed by atoms with E-state index in [2.05, 4.69) is 44.4 Å². The Morgan fingerprint density at radius 3 is 1.86 bits per heavy atom. The van der Waals surface area contributed by atoms with Crippen LogP contribution in [0.4, 0.5) is 0 Å². The molecule has 0 aliphatic rings. The smallest absolute Gasteiger partial charge is 0.303 e. The van der Waals surface area contributed by atoms with Crippen LogP contribution in [0.5, 0.6) is 0 Å². The third kappa shape index (κ3) is 23.8. The van der Waals surface area contributed by atoms with Crippen molar-refractivity contribution in [2.75, 3.05) is 0 Å². The molecule has 0 unspecified atom stereocenters. The molecule has 0 aromatic carbocycles. The van der Waals surface area contributed by atoms with Crippen LogP contribution in [0.3, 0.4) is 0 Å². The fourth-order valence-corrected chi connectivity index (χ4v) is 2.09. The van der Waals surface area contributed by atoms with Gasteiger partial charge in [0, 0.05) is 6.42 Å². The number of unbranched alkanes of at least 4 members (excludes halogenated alkanes) is 8. The second kappa shape index (κ2) is 22.0. The molecule has 0 spiro atoms. The van der Waals surface area contributed by atoms with Crippen molar-refractivity contribution in [3.8, 4) is 0 Å². The summed E-state index contributed by atoms with van der Waals surface area (Å²) in [4.78, 5) is 10.3. The summed E-state index contributed by atoms with van der Waals surface area (Å²) in [5, 5.41) is 8.50. The molecular weight excluding hydrogens is 272 g/mol. The van der Waals surface area contributed by atoms with Crippen molar-refractivity contribution < 1.29 is 9.90 Å². The molecule has 22 heavy (non-hydrogen) atoms. The van der Waals surface area contributed by atoms with Crippen LogP contribution >= 0.6 is 0 Å². The van der Waals surface area contributed by atoms with Crippen molar-refractivity contribution in [1.29, 1.82) is 0 Å². The Bertz CT molecular complexity index is 279. The van der Waals surface area contributed by atoms with Gasteiger partial charge in [0.2, 0.25) is 0 Å². The van der Waals surface area contributed by atoms with Gasteiger partial charge < -0.3 is 5.11 Å². The first-order valence-electron chi connectivity index (χ1n) is 8.79. The maximum atomic E-state index is 10.3. The van der Waals surface area contributed by atoms with Gasteiger partial charge in [0.15, 0.2) is 0 Å². The molecule has 128 valence electrons. The highest BCUT2D eigenvalue weighted by Gasteiger charge is 1.95. The van der Waals surface area contributed by atoms with E-state index in [1.807, 2.05) is 0 Å². The molecule has 0 radical (unpaired) electrons. The van der Waals surface area contributed by atoms with E-state index in [9.17, 15) is 4.79 Å². The van der Waals surface area contributed by atoms with Crippen LogP contribution < -0.4 is 0 Å². The van der Waals surface area contributed by atoms with Gasteiger partial charge in [0.25, 0.3) is 0 Å². The average molecular weight is 309 g/mol.